The van der Waals surface area contributed by atoms with Crippen molar-refractivity contribution in [3.63, 3.8) is 0 Å². The molecule has 0 aliphatic carbocycles. The van der Waals surface area contributed by atoms with Crippen LogP contribution in [0.3, 0.4) is 0 Å². The van der Waals surface area contributed by atoms with E-state index in [0.717, 1.165) is 6.33 Å². The fourth-order valence-corrected chi connectivity index (χ4v) is 1.99. The first kappa shape index (κ1) is 24.4. The molecular formula is C17H20KN5O3. The van der Waals surface area contributed by atoms with Gasteiger partial charge in [0.05, 0.1) is 17.2 Å². The Labute approximate surface area is 194 Å². The molecule has 0 bridgehead atoms. The molecule has 2 heterocycles. The van der Waals surface area contributed by atoms with Gasteiger partial charge in [0.2, 0.25) is 5.91 Å². The van der Waals surface area contributed by atoms with Crippen LogP contribution in [0.2, 0.25) is 0 Å². The van der Waals surface area contributed by atoms with Crippen molar-refractivity contribution in [1.29, 1.82) is 0 Å². The zero-order chi connectivity index (χ0) is 17.5. The first-order valence-electron chi connectivity index (χ1n) is 7.08. The number of aromatic nitrogens is 3. The molecule has 8 nitrogen and oxygen atoms in total. The van der Waals surface area contributed by atoms with Crippen LogP contribution in [0, 0.1) is 0 Å². The van der Waals surface area contributed by atoms with Gasteiger partial charge in [0.15, 0.2) is 0 Å². The van der Waals surface area contributed by atoms with Gasteiger partial charge in [-0.2, -0.15) is 0 Å². The Balaban J connectivity index is 0.000000536. The molecule has 1 aromatic carbocycles. The minimum Gasteiger partial charge on any atom is -0.543 e. The van der Waals surface area contributed by atoms with Gasteiger partial charge in [-0.1, -0.05) is 37.8 Å². The van der Waals surface area contributed by atoms with Crippen LogP contribution in [-0.4, -0.2) is 26.8 Å². The molecule has 0 fully saturated rings. The summed E-state index contributed by atoms with van der Waals surface area (Å²) in [6.45, 7) is 1.99. The molecule has 3 aromatic rings. The molecule has 0 unspecified atom stereocenters. The van der Waals surface area contributed by atoms with Crippen molar-refractivity contribution in [2.75, 3.05) is 5.32 Å². The van der Waals surface area contributed by atoms with Crippen molar-refractivity contribution in [2.24, 2.45) is 5.73 Å². The van der Waals surface area contributed by atoms with Crippen molar-refractivity contribution in [1.82, 2.24) is 15.0 Å². The summed E-state index contributed by atoms with van der Waals surface area (Å²) in [6.07, 6.45) is 2.56. The predicted molar refractivity (Wildman–Crippen MR) is 93.6 cm³/mol. The van der Waals surface area contributed by atoms with Crippen molar-refractivity contribution in [3.05, 3.63) is 54.1 Å². The first-order chi connectivity index (χ1) is 11.5. The molecule has 0 saturated heterocycles. The van der Waals surface area contributed by atoms with Gasteiger partial charge in [0.1, 0.15) is 17.5 Å². The molecule has 0 aliphatic heterocycles. The molecule has 4 N–H and O–H groups in total. The number of anilines is 1. The van der Waals surface area contributed by atoms with Crippen LogP contribution in [-0.2, 0) is 11.3 Å². The third kappa shape index (κ3) is 6.59. The summed E-state index contributed by atoms with van der Waals surface area (Å²) in [4.78, 5) is 31.8. The maximum absolute atomic E-state index is 10.9. The molecule has 3 rings (SSSR count). The fourth-order valence-electron chi connectivity index (χ4n) is 1.99. The van der Waals surface area contributed by atoms with Crippen LogP contribution in [0.5, 0.6) is 0 Å². The largest absolute Gasteiger partial charge is 1.00 e. The molecule has 2 aromatic heterocycles. The van der Waals surface area contributed by atoms with E-state index in [1.54, 1.807) is 0 Å². The number of nitrogens with zero attached hydrogens (tertiary/aromatic N) is 2. The summed E-state index contributed by atoms with van der Waals surface area (Å²) in [5, 5.41) is 13.3. The number of hydrogen-bond acceptors (Lipinski definition) is 6. The molecule has 0 atom stereocenters. The van der Waals surface area contributed by atoms with Gasteiger partial charge < -0.3 is 25.9 Å². The maximum atomic E-state index is 10.9. The van der Waals surface area contributed by atoms with Gasteiger partial charge in [0.25, 0.3) is 0 Å². The molecule has 1 amide bonds. The maximum Gasteiger partial charge on any atom is 1.00 e. The van der Waals surface area contributed by atoms with E-state index in [-0.39, 0.29) is 75.9 Å². The molecule has 0 saturated carbocycles. The Morgan fingerprint density at radius 3 is 2.38 bits per heavy atom. The van der Waals surface area contributed by atoms with Gasteiger partial charge in [0, 0.05) is 19.7 Å². The second-order valence-corrected chi connectivity index (χ2v) is 4.81. The molecule has 132 valence electrons. The summed E-state index contributed by atoms with van der Waals surface area (Å²) < 4.78 is 0. The van der Waals surface area contributed by atoms with Crippen LogP contribution in [0.15, 0.2) is 42.9 Å². The third-order valence-electron chi connectivity index (χ3n) is 3.05. The Kier molecular flexibility index (Phi) is 11.1. The Morgan fingerprint density at radius 1 is 1.23 bits per heavy atom. The van der Waals surface area contributed by atoms with Crippen molar-refractivity contribution in [2.45, 2.75) is 20.9 Å². The number of rotatable bonds is 3. The summed E-state index contributed by atoms with van der Waals surface area (Å²) in [6, 6.07) is 9.99. The zero-order valence-corrected chi connectivity index (χ0v) is 17.1. The number of carboxylic acids is 1. The Morgan fingerprint density at radius 2 is 1.88 bits per heavy atom. The number of nitrogens with two attached hydrogens (primary N) is 1. The molecule has 0 radical (unpaired) electrons. The topological polar surface area (TPSA) is 137 Å². The average Bonchev–Trinajstić information content (AvgIpc) is 2.98. The van der Waals surface area contributed by atoms with Crippen LogP contribution in [0.25, 0.3) is 11.0 Å². The quantitative estimate of drug-likeness (QED) is 0.452. The van der Waals surface area contributed by atoms with E-state index in [2.05, 4.69) is 20.3 Å². The van der Waals surface area contributed by atoms with Gasteiger partial charge >= 0.3 is 51.4 Å². The number of benzene rings is 1. The van der Waals surface area contributed by atoms with Crippen LogP contribution in [0.1, 0.15) is 30.4 Å². The minimum atomic E-state index is -1.40. The molecule has 0 aliphatic rings. The molecule has 0 spiro atoms. The minimum absolute atomic E-state index is 0. The second-order valence-electron chi connectivity index (χ2n) is 4.81. The second kappa shape index (κ2) is 11.9. The van der Waals surface area contributed by atoms with Crippen LogP contribution < -0.4 is 67.5 Å². The normalized spacial score (nSPS) is 9.15. The average molecular weight is 381 g/mol. The number of aromatic carboxylic acids is 1. The number of H-pyrrole nitrogens is 1. The van der Waals surface area contributed by atoms with Crippen molar-refractivity contribution >= 4 is 28.6 Å². The number of fused-ring (bicyclic) bond motifs is 1. The number of aromatic amines is 1. The number of hydrogen-bond donors (Lipinski definition) is 3. The first-order valence-corrected chi connectivity index (χ1v) is 7.08. The van der Waals surface area contributed by atoms with E-state index in [1.165, 1.54) is 18.7 Å². The van der Waals surface area contributed by atoms with Crippen molar-refractivity contribution < 1.29 is 66.1 Å². The van der Waals surface area contributed by atoms with E-state index < -0.39 is 5.97 Å². The zero-order valence-electron chi connectivity index (χ0n) is 13.9. The SMILES string of the molecule is C.CC(=O)Nc1c[nH]c2c(C(=O)[O-])ncnc12.NCc1ccccc1.[K+]. The summed E-state index contributed by atoms with van der Waals surface area (Å²) in [5.41, 5.74) is 7.28. The van der Waals surface area contributed by atoms with Crippen molar-refractivity contribution in [3.8, 4) is 0 Å². The third-order valence-corrected chi connectivity index (χ3v) is 3.05. The van der Waals surface area contributed by atoms with E-state index >= 15 is 0 Å². The van der Waals surface area contributed by atoms with E-state index in [9.17, 15) is 14.7 Å². The van der Waals surface area contributed by atoms with Gasteiger partial charge in [-0.15, -0.1) is 0 Å². The Hall–Kier alpha value is -1.62. The monoisotopic (exact) mass is 381 g/mol. The number of carboxylic acid groups (broad SMARTS) is 1. The van der Waals surface area contributed by atoms with E-state index in [0.29, 0.717) is 17.7 Å². The number of carbonyl (C=O) groups is 2. The number of carbonyl (C=O) groups excluding carboxylic acids is 2. The van der Waals surface area contributed by atoms with Gasteiger partial charge in [-0.05, 0) is 5.56 Å². The predicted octanol–water partition coefficient (Wildman–Crippen LogP) is -1.93. The van der Waals surface area contributed by atoms with Crippen LogP contribution in [0.4, 0.5) is 5.69 Å². The Bertz CT molecular complexity index is 852. The fraction of sp³-hybridized carbons (Fsp3) is 0.176. The summed E-state index contributed by atoms with van der Waals surface area (Å²) in [7, 11) is 0. The van der Waals surface area contributed by atoms with E-state index in [1.807, 2.05) is 30.3 Å². The van der Waals surface area contributed by atoms with Gasteiger partial charge in [-0.25, -0.2) is 9.97 Å². The number of nitrogens with one attached hydrogen (secondary N) is 2. The van der Waals surface area contributed by atoms with Crippen LogP contribution >= 0.6 is 0 Å². The molecular weight excluding hydrogens is 361 g/mol. The smallest absolute Gasteiger partial charge is 0.543 e. The standard InChI is InChI=1S/C9H8N4O3.C7H9N.CH4.K/c1-4(14)13-5-2-10-7-6(5)11-3-12-8(7)9(15)16;8-6-7-4-2-1-3-5-7;;/h2-3,10H,1H3,(H,13,14)(H,15,16);1-5H,6,8H2;1H4;/q;;;+1/p-1. The van der Waals surface area contributed by atoms with Gasteiger partial charge in [-0.3, -0.25) is 4.79 Å². The number of amides is 1. The summed E-state index contributed by atoms with van der Waals surface area (Å²) in [5.74, 6) is -1.67. The molecule has 26 heavy (non-hydrogen) atoms. The van der Waals surface area contributed by atoms with E-state index in [4.69, 9.17) is 5.73 Å². The summed E-state index contributed by atoms with van der Waals surface area (Å²) >= 11 is 0. The molecule has 9 heteroatoms.